The second-order valence-electron chi connectivity index (χ2n) is 6.71. The molecular formula is C22H27O5P. The van der Waals surface area contributed by atoms with Crippen LogP contribution in [-0.4, -0.2) is 20.3 Å². The molecule has 1 heterocycles. The van der Waals surface area contributed by atoms with E-state index in [0.717, 1.165) is 16.9 Å². The first-order valence-corrected chi connectivity index (χ1v) is 11.0. The molecule has 0 aliphatic carbocycles. The van der Waals surface area contributed by atoms with Crippen molar-refractivity contribution >= 4 is 13.4 Å². The van der Waals surface area contributed by atoms with Crippen LogP contribution >= 0.6 is 7.60 Å². The Labute approximate surface area is 166 Å². The third kappa shape index (κ3) is 4.02. The quantitative estimate of drug-likeness (QED) is 0.510. The average molecular weight is 402 g/mol. The van der Waals surface area contributed by atoms with Gasteiger partial charge in [-0.1, -0.05) is 42.5 Å². The summed E-state index contributed by atoms with van der Waals surface area (Å²) >= 11 is 0. The zero-order chi connectivity index (χ0) is 20.2. The Bertz CT molecular complexity index is 866. The van der Waals surface area contributed by atoms with E-state index in [4.69, 9.17) is 18.5 Å². The standard InChI is InChI=1S/C22H27O5P/c1-5-25-28(23,26-6-2)20-16-22(3,18-12-14-19(24-4)15-13-18)27-21(20)17-10-8-7-9-11-17/h7-15H,5-6,16H2,1-4H3. The molecule has 0 amide bonds. The van der Waals surface area contributed by atoms with Gasteiger partial charge in [0.1, 0.15) is 17.1 Å². The van der Waals surface area contributed by atoms with Crippen molar-refractivity contribution < 1.29 is 23.1 Å². The van der Waals surface area contributed by atoms with Gasteiger partial charge < -0.3 is 18.5 Å². The Morgan fingerprint density at radius 1 is 1.00 bits per heavy atom. The minimum absolute atomic E-state index is 0.294. The lowest BCUT2D eigenvalue weighted by atomic mass is 9.93. The maximum absolute atomic E-state index is 13.6. The van der Waals surface area contributed by atoms with E-state index in [9.17, 15) is 4.57 Å². The first-order valence-electron chi connectivity index (χ1n) is 9.47. The third-order valence-electron chi connectivity index (χ3n) is 4.76. The topological polar surface area (TPSA) is 54.0 Å². The van der Waals surface area contributed by atoms with Gasteiger partial charge in [-0.15, -0.1) is 0 Å². The van der Waals surface area contributed by atoms with Gasteiger partial charge >= 0.3 is 7.60 Å². The summed E-state index contributed by atoms with van der Waals surface area (Å²) in [7, 11) is -1.84. The lowest BCUT2D eigenvalue weighted by molar-refractivity contribution is 0.0773. The van der Waals surface area contributed by atoms with Crippen LogP contribution in [-0.2, 0) is 24.0 Å². The van der Waals surface area contributed by atoms with Crippen LogP contribution < -0.4 is 4.74 Å². The fraction of sp³-hybridized carbons (Fsp3) is 0.364. The molecule has 150 valence electrons. The second kappa shape index (κ2) is 8.52. The molecule has 2 aromatic carbocycles. The largest absolute Gasteiger partial charge is 0.497 e. The molecule has 0 saturated heterocycles. The Hall–Kier alpha value is -2.07. The van der Waals surface area contributed by atoms with Gasteiger partial charge in [0, 0.05) is 12.0 Å². The Morgan fingerprint density at radius 3 is 2.14 bits per heavy atom. The molecule has 3 rings (SSSR count). The molecule has 0 radical (unpaired) electrons. The molecule has 1 atom stereocenters. The molecule has 0 aromatic heterocycles. The van der Waals surface area contributed by atoms with E-state index in [1.54, 1.807) is 7.11 Å². The third-order valence-corrected chi connectivity index (χ3v) is 6.98. The average Bonchev–Trinajstić information content (AvgIpc) is 3.09. The normalized spacial score (nSPS) is 19.6. The molecule has 6 heteroatoms. The summed E-state index contributed by atoms with van der Waals surface area (Å²) in [6, 6.07) is 17.4. The van der Waals surface area contributed by atoms with Crippen LogP contribution in [0.2, 0.25) is 0 Å². The van der Waals surface area contributed by atoms with E-state index in [1.807, 2.05) is 75.4 Å². The lowest BCUT2D eigenvalue weighted by Crippen LogP contribution is -2.21. The minimum Gasteiger partial charge on any atom is -0.497 e. The van der Waals surface area contributed by atoms with Crippen LogP contribution in [0, 0.1) is 0 Å². The molecule has 0 fully saturated rings. The molecule has 1 unspecified atom stereocenters. The highest BCUT2D eigenvalue weighted by Gasteiger charge is 2.47. The lowest BCUT2D eigenvalue weighted by Gasteiger charge is -2.26. The van der Waals surface area contributed by atoms with Gasteiger partial charge in [0.25, 0.3) is 0 Å². The maximum atomic E-state index is 13.6. The van der Waals surface area contributed by atoms with Gasteiger partial charge in [-0.3, -0.25) is 4.57 Å². The maximum Gasteiger partial charge on any atom is 0.361 e. The smallest absolute Gasteiger partial charge is 0.361 e. The first-order chi connectivity index (χ1) is 13.5. The van der Waals surface area contributed by atoms with E-state index >= 15 is 0 Å². The van der Waals surface area contributed by atoms with Crippen molar-refractivity contribution in [1.82, 2.24) is 0 Å². The predicted octanol–water partition coefficient (Wildman–Crippen LogP) is 5.97. The van der Waals surface area contributed by atoms with Crippen LogP contribution in [0.4, 0.5) is 0 Å². The van der Waals surface area contributed by atoms with Crippen LogP contribution in [0.1, 0.15) is 38.3 Å². The highest BCUT2D eigenvalue weighted by molar-refractivity contribution is 7.58. The summed E-state index contributed by atoms with van der Waals surface area (Å²) in [5.74, 6) is 1.35. The summed E-state index contributed by atoms with van der Waals surface area (Å²) in [5, 5.41) is 0.584. The molecule has 0 bridgehead atoms. The van der Waals surface area contributed by atoms with Crippen molar-refractivity contribution in [3.05, 3.63) is 71.0 Å². The second-order valence-corrected chi connectivity index (χ2v) is 8.76. The van der Waals surface area contributed by atoms with Gasteiger partial charge in [-0.25, -0.2) is 0 Å². The summed E-state index contributed by atoms with van der Waals surface area (Å²) in [6.45, 7) is 6.21. The van der Waals surface area contributed by atoms with Crippen LogP contribution in [0.25, 0.3) is 5.76 Å². The van der Waals surface area contributed by atoms with Gasteiger partial charge in [-0.05, 0) is 38.5 Å². The summed E-state index contributed by atoms with van der Waals surface area (Å²) in [4.78, 5) is 0. The van der Waals surface area contributed by atoms with Crippen molar-refractivity contribution in [2.75, 3.05) is 20.3 Å². The molecule has 0 spiro atoms. The van der Waals surface area contributed by atoms with Gasteiger partial charge in [0.2, 0.25) is 0 Å². The van der Waals surface area contributed by atoms with Crippen LogP contribution in [0.3, 0.4) is 0 Å². The predicted molar refractivity (Wildman–Crippen MR) is 110 cm³/mol. The fourth-order valence-electron chi connectivity index (χ4n) is 3.39. The molecule has 0 saturated carbocycles. The summed E-state index contributed by atoms with van der Waals surface area (Å²) in [5.41, 5.74) is 1.14. The highest BCUT2D eigenvalue weighted by Crippen LogP contribution is 2.65. The molecule has 28 heavy (non-hydrogen) atoms. The summed E-state index contributed by atoms with van der Waals surface area (Å²) < 4.78 is 36.6. The highest BCUT2D eigenvalue weighted by atomic mass is 31.2. The SMILES string of the molecule is CCOP(=O)(OCC)C1=C(c2ccccc2)OC(C)(c2ccc(OC)cc2)C1. The van der Waals surface area contributed by atoms with E-state index in [-0.39, 0.29) is 0 Å². The van der Waals surface area contributed by atoms with Crippen molar-refractivity contribution in [2.45, 2.75) is 32.8 Å². The van der Waals surface area contributed by atoms with Crippen molar-refractivity contribution in [3.63, 3.8) is 0 Å². The van der Waals surface area contributed by atoms with Gasteiger partial charge in [0.15, 0.2) is 0 Å². The minimum atomic E-state index is -3.47. The van der Waals surface area contributed by atoms with Crippen molar-refractivity contribution in [2.24, 2.45) is 0 Å². The number of ether oxygens (including phenoxy) is 2. The van der Waals surface area contributed by atoms with Crippen LogP contribution in [0.15, 0.2) is 59.9 Å². The van der Waals surface area contributed by atoms with E-state index in [0.29, 0.717) is 30.7 Å². The summed E-state index contributed by atoms with van der Waals surface area (Å²) in [6.07, 6.45) is 0.417. The van der Waals surface area contributed by atoms with Gasteiger partial charge in [0.05, 0.1) is 25.6 Å². The first kappa shape index (κ1) is 20.7. The Balaban J connectivity index is 2.07. The molecule has 1 aliphatic heterocycles. The number of hydrogen-bond donors (Lipinski definition) is 0. The Morgan fingerprint density at radius 2 is 1.61 bits per heavy atom. The number of hydrogen-bond acceptors (Lipinski definition) is 5. The molecule has 0 N–H and O–H groups in total. The zero-order valence-corrected chi connectivity index (χ0v) is 17.7. The number of methoxy groups -OCH3 is 1. The zero-order valence-electron chi connectivity index (χ0n) is 16.8. The van der Waals surface area contributed by atoms with E-state index in [1.165, 1.54) is 0 Å². The van der Waals surface area contributed by atoms with E-state index in [2.05, 4.69) is 0 Å². The number of rotatable bonds is 8. The monoisotopic (exact) mass is 402 g/mol. The number of benzene rings is 2. The molecule has 5 nitrogen and oxygen atoms in total. The molecule has 1 aliphatic rings. The fourth-order valence-corrected chi connectivity index (χ4v) is 5.38. The van der Waals surface area contributed by atoms with E-state index < -0.39 is 13.2 Å². The Kier molecular flexibility index (Phi) is 6.29. The van der Waals surface area contributed by atoms with Crippen LogP contribution in [0.5, 0.6) is 5.75 Å². The van der Waals surface area contributed by atoms with Gasteiger partial charge in [-0.2, -0.15) is 0 Å². The molecular weight excluding hydrogens is 375 g/mol. The molecule has 2 aromatic rings. The van der Waals surface area contributed by atoms with Crippen molar-refractivity contribution in [1.29, 1.82) is 0 Å². The van der Waals surface area contributed by atoms with Crippen molar-refractivity contribution in [3.8, 4) is 5.75 Å².